The normalized spacial score (nSPS) is 10.4. The summed E-state index contributed by atoms with van der Waals surface area (Å²) in [7, 11) is 0. The van der Waals surface area contributed by atoms with Crippen LogP contribution in [-0.4, -0.2) is 15.9 Å². The van der Waals surface area contributed by atoms with E-state index in [4.69, 9.17) is 0 Å². The number of aromatic nitrogens is 2. The second kappa shape index (κ2) is 8.25. The van der Waals surface area contributed by atoms with E-state index in [9.17, 15) is 4.79 Å². The molecule has 0 saturated heterocycles. The molecular formula is C21H22N4O. The fourth-order valence-electron chi connectivity index (χ4n) is 2.68. The van der Waals surface area contributed by atoms with E-state index in [2.05, 4.69) is 46.6 Å². The van der Waals surface area contributed by atoms with Gasteiger partial charge in [-0.25, -0.2) is 9.97 Å². The molecule has 2 aromatic carbocycles. The van der Waals surface area contributed by atoms with Crippen LogP contribution in [0.25, 0.3) is 0 Å². The number of nitrogens with zero attached hydrogens (tertiary/aromatic N) is 2. The Kier molecular flexibility index (Phi) is 5.59. The third kappa shape index (κ3) is 4.45. The topological polar surface area (TPSA) is 66.9 Å². The molecular weight excluding hydrogens is 324 g/mol. The van der Waals surface area contributed by atoms with Crippen molar-refractivity contribution in [3.05, 3.63) is 83.2 Å². The number of aryl methyl sites for hydroxylation is 2. The Morgan fingerprint density at radius 3 is 2.54 bits per heavy atom. The fourth-order valence-corrected chi connectivity index (χ4v) is 2.68. The molecule has 0 radical (unpaired) electrons. The summed E-state index contributed by atoms with van der Waals surface area (Å²) in [5.41, 5.74) is 4.72. The summed E-state index contributed by atoms with van der Waals surface area (Å²) in [5.74, 6) is 0.285. The molecule has 26 heavy (non-hydrogen) atoms. The van der Waals surface area contributed by atoms with E-state index in [1.165, 1.54) is 18.0 Å². The number of hydrogen-bond donors (Lipinski definition) is 2. The number of carbonyl (C=O) groups is 1. The highest BCUT2D eigenvalue weighted by molar-refractivity contribution is 6.04. The summed E-state index contributed by atoms with van der Waals surface area (Å²) in [6, 6.07) is 16.0. The third-order valence-corrected chi connectivity index (χ3v) is 4.09. The van der Waals surface area contributed by atoms with Crippen LogP contribution >= 0.6 is 0 Å². The molecule has 3 rings (SSSR count). The first-order valence-corrected chi connectivity index (χ1v) is 8.66. The van der Waals surface area contributed by atoms with Crippen molar-refractivity contribution in [1.29, 1.82) is 0 Å². The van der Waals surface area contributed by atoms with Crippen LogP contribution in [0.15, 0.2) is 60.9 Å². The standard InChI is InChI=1S/C21H22N4O/c1-3-17-9-4-5-10-19(17)25-20(26)18-13-23-21(24-14-18)22-12-16-8-6-7-15(2)11-16/h4-11,13-14H,3,12H2,1-2H3,(H,25,26)(H,22,23,24). The predicted octanol–water partition coefficient (Wildman–Crippen LogP) is 4.21. The van der Waals surface area contributed by atoms with Gasteiger partial charge in [0.2, 0.25) is 5.95 Å². The third-order valence-electron chi connectivity index (χ3n) is 4.09. The largest absolute Gasteiger partial charge is 0.350 e. The van der Waals surface area contributed by atoms with Gasteiger partial charge in [0, 0.05) is 24.6 Å². The first kappa shape index (κ1) is 17.6. The van der Waals surface area contributed by atoms with Gasteiger partial charge in [-0.05, 0) is 30.5 Å². The predicted molar refractivity (Wildman–Crippen MR) is 104 cm³/mol. The van der Waals surface area contributed by atoms with E-state index < -0.39 is 0 Å². The van der Waals surface area contributed by atoms with Crippen molar-refractivity contribution >= 4 is 17.5 Å². The van der Waals surface area contributed by atoms with Crippen molar-refractivity contribution in [1.82, 2.24) is 9.97 Å². The smallest absolute Gasteiger partial charge is 0.258 e. The lowest BCUT2D eigenvalue weighted by Crippen LogP contribution is -2.14. The second-order valence-corrected chi connectivity index (χ2v) is 6.10. The van der Waals surface area contributed by atoms with Gasteiger partial charge < -0.3 is 10.6 Å². The Hall–Kier alpha value is -3.21. The zero-order chi connectivity index (χ0) is 18.4. The first-order valence-electron chi connectivity index (χ1n) is 8.66. The number of nitrogens with one attached hydrogen (secondary N) is 2. The van der Waals surface area contributed by atoms with Gasteiger partial charge in [-0.2, -0.15) is 0 Å². The number of anilines is 2. The maximum Gasteiger partial charge on any atom is 0.258 e. The molecule has 0 aliphatic carbocycles. The minimum absolute atomic E-state index is 0.212. The van der Waals surface area contributed by atoms with Crippen LogP contribution in [0, 0.1) is 6.92 Å². The summed E-state index contributed by atoms with van der Waals surface area (Å²) >= 11 is 0. The molecule has 5 heteroatoms. The minimum Gasteiger partial charge on any atom is -0.350 e. The van der Waals surface area contributed by atoms with Gasteiger partial charge in [0.05, 0.1) is 5.56 Å². The van der Waals surface area contributed by atoms with Gasteiger partial charge in [0.25, 0.3) is 5.91 Å². The summed E-state index contributed by atoms with van der Waals surface area (Å²) in [4.78, 5) is 20.9. The molecule has 0 aliphatic heterocycles. The molecule has 1 amide bonds. The average molecular weight is 346 g/mol. The molecule has 0 fully saturated rings. The molecule has 5 nitrogen and oxygen atoms in total. The average Bonchev–Trinajstić information content (AvgIpc) is 2.67. The van der Waals surface area contributed by atoms with Crippen molar-refractivity contribution in [2.45, 2.75) is 26.8 Å². The summed E-state index contributed by atoms with van der Waals surface area (Å²) in [5, 5.41) is 6.09. The van der Waals surface area contributed by atoms with Crippen molar-refractivity contribution < 1.29 is 4.79 Å². The maximum atomic E-state index is 12.4. The molecule has 132 valence electrons. The zero-order valence-corrected chi connectivity index (χ0v) is 15.0. The Labute approximate surface area is 153 Å². The first-order chi connectivity index (χ1) is 12.7. The second-order valence-electron chi connectivity index (χ2n) is 6.10. The molecule has 0 atom stereocenters. The van der Waals surface area contributed by atoms with Crippen LogP contribution in [0.1, 0.15) is 34.0 Å². The number of benzene rings is 2. The Bertz CT molecular complexity index is 891. The SMILES string of the molecule is CCc1ccccc1NC(=O)c1cnc(NCc2cccc(C)c2)nc1. The highest BCUT2D eigenvalue weighted by Gasteiger charge is 2.09. The highest BCUT2D eigenvalue weighted by atomic mass is 16.1. The van der Waals surface area contributed by atoms with E-state index in [1.807, 2.05) is 36.4 Å². The Balaban J connectivity index is 1.62. The molecule has 1 heterocycles. The highest BCUT2D eigenvalue weighted by Crippen LogP contribution is 2.16. The van der Waals surface area contributed by atoms with E-state index >= 15 is 0 Å². The van der Waals surface area contributed by atoms with Crippen LogP contribution < -0.4 is 10.6 Å². The molecule has 3 aromatic rings. The monoisotopic (exact) mass is 346 g/mol. The quantitative estimate of drug-likeness (QED) is 0.701. The lowest BCUT2D eigenvalue weighted by atomic mass is 10.1. The lowest BCUT2D eigenvalue weighted by molar-refractivity contribution is 0.102. The molecule has 0 aliphatic rings. The Morgan fingerprint density at radius 2 is 1.81 bits per heavy atom. The molecule has 0 spiro atoms. The number of hydrogen-bond acceptors (Lipinski definition) is 4. The van der Waals surface area contributed by atoms with E-state index in [0.717, 1.165) is 23.2 Å². The lowest BCUT2D eigenvalue weighted by Gasteiger charge is -2.10. The molecule has 1 aromatic heterocycles. The Morgan fingerprint density at radius 1 is 1.04 bits per heavy atom. The van der Waals surface area contributed by atoms with Crippen molar-refractivity contribution in [3.63, 3.8) is 0 Å². The number of amides is 1. The number of rotatable bonds is 6. The van der Waals surface area contributed by atoms with Gasteiger partial charge in [0.15, 0.2) is 0 Å². The van der Waals surface area contributed by atoms with Crippen molar-refractivity contribution in [3.8, 4) is 0 Å². The van der Waals surface area contributed by atoms with Crippen LogP contribution in [0.2, 0.25) is 0 Å². The van der Waals surface area contributed by atoms with Gasteiger partial charge in [-0.3, -0.25) is 4.79 Å². The molecule has 0 bridgehead atoms. The van der Waals surface area contributed by atoms with Crippen molar-refractivity contribution in [2.75, 3.05) is 10.6 Å². The van der Waals surface area contributed by atoms with E-state index in [1.54, 1.807) is 0 Å². The van der Waals surface area contributed by atoms with Crippen LogP contribution in [0.4, 0.5) is 11.6 Å². The minimum atomic E-state index is -0.212. The summed E-state index contributed by atoms with van der Waals surface area (Å²) < 4.78 is 0. The summed E-state index contributed by atoms with van der Waals surface area (Å²) in [6.07, 6.45) is 3.93. The maximum absolute atomic E-state index is 12.4. The van der Waals surface area contributed by atoms with Crippen LogP contribution in [-0.2, 0) is 13.0 Å². The van der Waals surface area contributed by atoms with Crippen LogP contribution in [0.5, 0.6) is 0 Å². The van der Waals surface area contributed by atoms with E-state index in [-0.39, 0.29) is 5.91 Å². The van der Waals surface area contributed by atoms with E-state index in [0.29, 0.717) is 18.1 Å². The number of carbonyl (C=O) groups excluding carboxylic acids is 1. The van der Waals surface area contributed by atoms with Gasteiger partial charge in [0.1, 0.15) is 0 Å². The van der Waals surface area contributed by atoms with Crippen molar-refractivity contribution in [2.24, 2.45) is 0 Å². The van der Waals surface area contributed by atoms with Gasteiger partial charge >= 0.3 is 0 Å². The molecule has 0 saturated carbocycles. The van der Waals surface area contributed by atoms with Gasteiger partial charge in [-0.15, -0.1) is 0 Å². The molecule has 0 unspecified atom stereocenters. The fraction of sp³-hybridized carbons (Fsp3) is 0.190. The van der Waals surface area contributed by atoms with Gasteiger partial charge in [-0.1, -0.05) is 55.0 Å². The summed E-state index contributed by atoms with van der Waals surface area (Å²) in [6.45, 7) is 4.75. The van der Waals surface area contributed by atoms with Crippen LogP contribution in [0.3, 0.4) is 0 Å². The molecule has 2 N–H and O–H groups in total. The zero-order valence-electron chi connectivity index (χ0n) is 15.0. The number of para-hydroxylation sites is 1.